The molecule has 2 aromatic carbocycles. The van der Waals surface area contributed by atoms with Gasteiger partial charge in [0.15, 0.2) is 0 Å². The monoisotopic (exact) mass is 343 g/mol. The maximum Gasteiger partial charge on any atom is 0.0500 e. The highest BCUT2D eigenvalue weighted by atomic mass is 32.2. The third kappa shape index (κ3) is 4.92. The molecule has 1 fully saturated rings. The van der Waals surface area contributed by atoms with E-state index in [0.717, 1.165) is 26.2 Å². The molecule has 0 radical (unpaired) electrons. The molecule has 2 aromatic rings. The minimum atomic E-state index is 1.06. The van der Waals surface area contributed by atoms with Crippen LogP contribution in [0.5, 0.6) is 0 Å². The van der Waals surface area contributed by atoms with E-state index in [9.17, 15) is 0 Å². The number of hydrogen-bond acceptors (Lipinski definition) is 4. The van der Waals surface area contributed by atoms with Gasteiger partial charge in [-0.25, -0.2) is 0 Å². The van der Waals surface area contributed by atoms with Gasteiger partial charge in [-0.05, 0) is 37.3 Å². The van der Waals surface area contributed by atoms with Crippen LogP contribution >= 0.6 is 11.8 Å². The highest BCUT2D eigenvalue weighted by Gasteiger charge is 2.12. The molecule has 4 heteroatoms. The summed E-state index contributed by atoms with van der Waals surface area (Å²) in [4.78, 5) is 5.00. The van der Waals surface area contributed by atoms with Crippen molar-refractivity contribution in [2.75, 3.05) is 43.4 Å². The van der Waals surface area contributed by atoms with E-state index in [-0.39, 0.29) is 0 Å². The van der Waals surface area contributed by atoms with Crippen molar-refractivity contribution in [2.45, 2.75) is 30.6 Å². The molecule has 1 saturated heterocycles. The summed E-state index contributed by atoms with van der Waals surface area (Å²) in [5.41, 5.74) is 3.80. The minimum Gasteiger partial charge on any atom is -0.387 e. The molecular weight excluding hydrogens is 314 g/mol. The molecule has 3 rings (SSSR count). The maximum absolute atomic E-state index is 3.40. The van der Waals surface area contributed by atoms with Crippen molar-refractivity contribution in [1.29, 1.82) is 0 Å². The standard InChI is InChI=1S/C18H23N3S.C2H6/c1-14-4-3-5-16(12-14)22-18-7-6-15(13-17(18)19-2)21-10-8-20-9-11-21;1-2/h3-7,12-13,19-20H,8-11H2,1-2H3;1-2H3. The summed E-state index contributed by atoms with van der Waals surface area (Å²) >= 11 is 1.81. The number of nitrogens with zero attached hydrogens (tertiary/aromatic N) is 1. The van der Waals surface area contributed by atoms with Crippen molar-refractivity contribution in [3.8, 4) is 0 Å². The van der Waals surface area contributed by atoms with Crippen molar-refractivity contribution in [1.82, 2.24) is 5.32 Å². The third-order valence-electron chi connectivity index (χ3n) is 3.93. The van der Waals surface area contributed by atoms with Crippen molar-refractivity contribution in [3.05, 3.63) is 48.0 Å². The van der Waals surface area contributed by atoms with Gasteiger partial charge in [0.1, 0.15) is 0 Å². The molecule has 0 spiro atoms. The Balaban J connectivity index is 0.00000100. The SMILES string of the molecule is CC.CNc1cc(N2CCNCC2)ccc1Sc1cccc(C)c1. The molecule has 3 nitrogen and oxygen atoms in total. The predicted octanol–water partition coefficient (Wildman–Crippen LogP) is 4.62. The van der Waals surface area contributed by atoms with Crippen LogP contribution in [0.1, 0.15) is 19.4 Å². The fourth-order valence-electron chi connectivity index (χ4n) is 2.73. The van der Waals surface area contributed by atoms with E-state index in [1.54, 1.807) is 0 Å². The van der Waals surface area contributed by atoms with Gasteiger partial charge in [-0.1, -0.05) is 43.3 Å². The lowest BCUT2D eigenvalue weighted by Gasteiger charge is -2.30. The van der Waals surface area contributed by atoms with E-state index < -0.39 is 0 Å². The number of rotatable bonds is 4. The normalized spacial score (nSPS) is 13.9. The Morgan fingerprint density at radius 3 is 2.46 bits per heavy atom. The Morgan fingerprint density at radius 1 is 1.04 bits per heavy atom. The molecule has 0 bridgehead atoms. The van der Waals surface area contributed by atoms with Gasteiger partial charge in [-0.3, -0.25) is 0 Å². The highest BCUT2D eigenvalue weighted by Crippen LogP contribution is 2.36. The van der Waals surface area contributed by atoms with Crippen LogP contribution in [0.25, 0.3) is 0 Å². The van der Waals surface area contributed by atoms with Gasteiger partial charge in [0.05, 0.1) is 0 Å². The first-order valence-electron chi connectivity index (χ1n) is 8.78. The number of nitrogens with one attached hydrogen (secondary N) is 2. The van der Waals surface area contributed by atoms with Crippen LogP contribution in [0.15, 0.2) is 52.3 Å². The second kappa shape index (κ2) is 9.60. The van der Waals surface area contributed by atoms with Gasteiger partial charge in [-0.15, -0.1) is 0 Å². The number of anilines is 2. The summed E-state index contributed by atoms with van der Waals surface area (Å²) in [6.45, 7) is 10.4. The molecule has 130 valence electrons. The molecule has 0 saturated carbocycles. The van der Waals surface area contributed by atoms with Gasteiger partial charge in [0.25, 0.3) is 0 Å². The lowest BCUT2D eigenvalue weighted by atomic mass is 10.2. The van der Waals surface area contributed by atoms with E-state index >= 15 is 0 Å². The zero-order chi connectivity index (χ0) is 17.4. The molecule has 1 aliphatic rings. The lowest BCUT2D eigenvalue weighted by molar-refractivity contribution is 0.589. The van der Waals surface area contributed by atoms with Crippen LogP contribution in [-0.4, -0.2) is 33.2 Å². The molecule has 0 amide bonds. The molecular formula is C20H29N3S. The summed E-state index contributed by atoms with van der Waals surface area (Å²) in [5, 5.41) is 6.75. The smallest absolute Gasteiger partial charge is 0.0500 e. The van der Waals surface area contributed by atoms with E-state index in [4.69, 9.17) is 0 Å². The second-order valence-corrected chi connectivity index (χ2v) is 6.70. The molecule has 0 atom stereocenters. The minimum absolute atomic E-state index is 1.06. The Labute approximate surface area is 150 Å². The van der Waals surface area contributed by atoms with E-state index in [2.05, 4.69) is 64.9 Å². The Kier molecular flexibility index (Phi) is 7.47. The second-order valence-electron chi connectivity index (χ2n) is 5.59. The average Bonchev–Trinajstić information content (AvgIpc) is 2.64. The molecule has 24 heavy (non-hydrogen) atoms. The van der Waals surface area contributed by atoms with Crippen LogP contribution in [0.4, 0.5) is 11.4 Å². The Bertz CT molecular complexity index is 637. The molecule has 0 unspecified atom stereocenters. The van der Waals surface area contributed by atoms with Gasteiger partial charge < -0.3 is 15.5 Å². The Morgan fingerprint density at radius 2 is 1.79 bits per heavy atom. The van der Waals surface area contributed by atoms with Crippen LogP contribution < -0.4 is 15.5 Å². The number of aryl methyl sites for hydroxylation is 1. The van der Waals surface area contributed by atoms with Gasteiger partial charge in [0, 0.05) is 54.4 Å². The fraction of sp³-hybridized carbons (Fsp3) is 0.400. The summed E-state index contributed by atoms with van der Waals surface area (Å²) in [6, 6.07) is 15.4. The van der Waals surface area contributed by atoms with Gasteiger partial charge >= 0.3 is 0 Å². The highest BCUT2D eigenvalue weighted by molar-refractivity contribution is 7.99. The number of hydrogen-bond donors (Lipinski definition) is 2. The van der Waals surface area contributed by atoms with E-state index in [1.165, 1.54) is 26.7 Å². The number of piperazine rings is 1. The lowest BCUT2D eigenvalue weighted by Crippen LogP contribution is -2.43. The van der Waals surface area contributed by atoms with Gasteiger partial charge in [-0.2, -0.15) is 0 Å². The van der Waals surface area contributed by atoms with Crippen molar-refractivity contribution < 1.29 is 0 Å². The van der Waals surface area contributed by atoms with Crippen molar-refractivity contribution in [2.24, 2.45) is 0 Å². The first-order chi connectivity index (χ1) is 11.8. The summed E-state index contributed by atoms with van der Waals surface area (Å²) in [7, 11) is 2.00. The summed E-state index contributed by atoms with van der Waals surface area (Å²) < 4.78 is 0. The zero-order valence-corrected chi connectivity index (χ0v) is 16.0. The van der Waals surface area contributed by atoms with E-state index in [1.807, 2.05) is 32.7 Å². The predicted molar refractivity (Wildman–Crippen MR) is 108 cm³/mol. The zero-order valence-electron chi connectivity index (χ0n) is 15.2. The summed E-state index contributed by atoms with van der Waals surface area (Å²) in [5.74, 6) is 0. The largest absolute Gasteiger partial charge is 0.387 e. The molecule has 2 N–H and O–H groups in total. The summed E-state index contributed by atoms with van der Waals surface area (Å²) in [6.07, 6.45) is 0. The first-order valence-corrected chi connectivity index (χ1v) is 9.60. The van der Waals surface area contributed by atoms with Crippen LogP contribution in [0.3, 0.4) is 0 Å². The first kappa shape index (κ1) is 18.7. The molecule has 0 aliphatic carbocycles. The van der Waals surface area contributed by atoms with Crippen molar-refractivity contribution in [3.63, 3.8) is 0 Å². The van der Waals surface area contributed by atoms with Crippen LogP contribution in [0.2, 0.25) is 0 Å². The average molecular weight is 344 g/mol. The van der Waals surface area contributed by atoms with Crippen LogP contribution in [0, 0.1) is 6.92 Å². The topological polar surface area (TPSA) is 27.3 Å². The van der Waals surface area contributed by atoms with Crippen LogP contribution in [-0.2, 0) is 0 Å². The molecule has 0 aromatic heterocycles. The third-order valence-corrected chi connectivity index (χ3v) is 5.00. The van der Waals surface area contributed by atoms with E-state index in [0.29, 0.717) is 0 Å². The fourth-order valence-corrected chi connectivity index (χ4v) is 3.78. The molecule has 1 heterocycles. The maximum atomic E-state index is 3.40. The Hall–Kier alpha value is -1.65. The quantitative estimate of drug-likeness (QED) is 0.847. The number of benzene rings is 2. The van der Waals surface area contributed by atoms with Gasteiger partial charge in [0.2, 0.25) is 0 Å². The van der Waals surface area contributed by atoms with Crippen molar-refractivity contribution >= 4 is 23.1 Å². The molecule has 1 aliphatic heterocycles.